The summed E-state index contributed by atoms with van der Waals surface area (Å²) in [5.74, 6) is 0. The van der Waals surface area contributed by atoms with Gasteiger partial charge in [-0.2, -0.15) is 10.5 Å². The maximum atomic E-state index is 9.91. The normalized spacial score (nSPS) is 11.1. The van der Waals surface area contributed by atoms with E-state index in [1.165, 1.54) is 0 Å². The van der Waals surface area contributed by atoms with Gasteiger partial charge in [-0.25, -0.2) is 0 Å². The van der Waals surface area contributed by atoms with Crippen molar-refractivity contribution in [2.24, 2.45) is 0 Å². The number of nitriles is 2. The fourth-order valence-corrected chi connectivity index (χ4v) is 10.1. The van der Waals surface area contributed by atoms with Crippen LogP contribution < -0.4 is 5.46 Å². The Hall–Kier alpha value is -9.16. The second kappa shape index (κ2) is 19.2. The highest BCUT2D eigenvalue weighted by atomic mass is 79.9. The molecule has 0 aliphatic heterocycles. The van der Waals surface area contributed by atoms with Gasteiger partial charge in [-0.3, -0.25) is 0 Å². The highest BCUT2D eigenvalue weighted by Crippen LogP contribution is 2.45. The van der Waals surface area contributed by atoms with Gasteiger partial charge in [0.05, 0.1) is 34.3 Å². The Kier molecular flexibility index (Phi) is 12.2. The molecule has 348 valence electrons. The summed E-state index contributed by atoms with van der Waals surface area (Å²) in [7, 11) is -1.68. The van der Waals surface area contributed by atoms with Gasteiger partial charge in [-0.05, 0) is 107 Å². The minimum absolute atomic E-state index is 0. The van der Waals surface area contributed by atoms with Crippen LogP contribution in [-0.4, -0.2) is 17.2 Å². The van der Waals surface area contributed by atoms with Crippen molar-refractivity contribution < 1.29 is 27.7 Å². The molecular formula is C63H40BBrN2O6. The molecule has 0 amide bonds. The monoisotopic (exact) mass is 1010 g/mol. The standard InChI is InChI=1S/C31H17NO2.C18H11BO4.C13H8BrN.CH4/c32-18-19-7-5-8-20(15-19)21-9-6-10-22(16-21)29-30-25(23-11-1-3-13-27(23)33-30)17-26-24-12-2-4-14-28(24)34-31(26)29;20-19(21)16-17-12(10-5-1-3-7-14(10)22-17)9-13-11-6-2-4-8-15(11)23-18(13)16;14-13-6-2-5-12(8-13)11-4-1-3-10(7-11)9-15;/h1-17H;1-9,20-21H;1-8H;1H4. The molecule has 0 aliphatic carbocycles. The van der Waals surface area contributed by atoms with Gasteiger partial charge in [-0.15, -0.1) is 0 Å². The Balaban J connectivity index is 0.000000127. The number of furan rings is 4. The van der Waals surface area contributed by atoms with Gasteiger partial charge < -0.3 is 27.7 Å². The summed E-state index contributed by atoms with van der Waals surface area (Å²) in [5, 5.41) is 45.9. The molecule has 2 N–H and O–H groups in total. The van der Waals surface area contributed by atoms with Crippen LogP contribution in [0, 0.1) is 22.7 Å². The third-order valence-corrected chi connectivity index (χ3v) is 13.4. The molecular weight excluding hydrogens is 971 g/mol. The van der Waals surface area contributed by atoms with E-state index in [1.807, 2.05) is 170 Å². The van der Waals surface area contributed by atoms with Crippen molar-refractivity contribution in [3.8, 4) is 45.5 Å². The predicted molar refractivity (Wildman–Crippen MR) is 298 cm³/mol. The van der Waals surface area contributed by atoms with Crippen LogP contribution in [0.15, 0.2) is 228 Å². The van der Waals surface area contributed by atoms with Crippen molar-refractivity contribution in [3.63, 3.8) is 0 Å². The maximum absolute atomic E-state index is 9.91. The number of fused-ring (bicyclic) bond motifs is 12. The van der Waals surface area contributed by atoms with Crippen LogP contribution in [0.3, 0.4) is 0 Å². The van der Waals surface area contributed by atoms with Crippen molar-refractivity contribution in [2.75, 3.05) is 0 Å². The smallest absolute Gasteiger partial charge is 0.456 e. The first-order valence-corrected chi connectivity index (χ1v) is 23.9. The minimum Gasteiger partial charge on any atom is -0.456 e. The lowest BCUT2D eigenvalue weighted by Crippen LogP contribution is -2.30. The summed E-state index contributed by atoms with van der Waals surface area (Å²) < 4.78 is 25.6. The molecule has 0 saturated heterocycles. The quantitative estimate of drug-likeness (QED) is 0.166. The highest BCUT2D eigenvalue weighted by Gasteiger charge is 2.27. The van der Waals surface area contributed by atoms with Gasteiger partial charge in [0.1, 0.15) is 44.7 Å². The lowest BCUT2D eigenvalue weighted by atomic mass is 9.78. The van der Waals surface area contributed by atoms with E-state index in [4.69, 9.17) is 22.9 Å². The second-order valence-corrected chi connectivity index (χ2v) is 18.2. The number of benzene rings is 10. The summed E-state index contributed by atoms with van der Waals surface area (Å²) in [6.07, 6.45) is 0. The molecule has 73 heavy (non-hydrogen) atoms. The summed E-state index contributed by atoms with van der Waals surface area (Å²) in [6, 6.07) is 71.8. The summed E-state index contributed by atoms with van der Waals surface area (Å²) in [6.45, 7) is 0. The molecule has 14 rings (SSSR count). The van der Waals surface area contributed by atoms with Crippen LogP contribution >= 0.6 is 15.9 Å². The van der Waals surface area contributed by atoms with Crippen molar-refractivity contribution in [3.05, 3.63) is 222 Å². The Labute approximate surface area is 427 Å². The van der Waals surface area contributed by atoms with Crippen molar-refractivity contribution in [1.29, 1.82) is 10.5 Å². The molecule has 0 aliphatic rings. The van der Waals surface area contributed by atoms with E-state index in [0.29, 0.717) is 33.5 Å². The molecule has 0 spiro atoms. The third-order valence-electron chi connectivity index (χ3n) is 12.9. The number of hydrogen-bond donors (Lipinski definition) is 2. The van der Waals surface area contributed by atoms with Crippen molar-refractivity contribution >= 4 is 116 Å². The van der Waals surface area contributed by atoms with Gasteiger partial charge in [0.15, 0.2) is 0 Å². The molecule has 8 nitrogen and oxygen atoms in total. The topological polar surface area (TPSA) is 141 Å². The van der Waals surface area contributed by atoms with Crippen LogP contribution in [-0.2, 0) is 0 Å². The fraction of sp³-hybridized carbons (Fsp3) is 0.0159. The average molecular weight is 1010 g/mol. The van der Waals surface area contributed by atoms with E-state index in [-0.39, 0.29) is 12.9 Å². The molecule has 10 heteroatoms. The molecule has 10 aromatic carbocycles. The summed E-state index contributed by atoms with van der Waals surface area (Å²) in [4.78, 5) is 0. The van der Waals surface area contributed by atoms with E-state index in [2.05, 4.69) is 64.5 Å². The van der Waals surface area contributed by atoms with Crippen molar-refractivity contribution in [1.82, 2.24) is 0 Å². The SMILES string of the molecule is C.N#Cc1cccc(-c2cccc(-c3c4oc5ccccc5c4cc4c3oc3ccccc34)c2)c1.N#Cc1cccc(-c2cccc(Br)c2)c1.OB(O)c1c2oc3ccccc3c2cc2c1oc1ccccc12. The van der Waals surface area contributed by atoms with Crippen LogP contribution in [0.25, 0.3) is 121 Å². The Morgan fingerprint density at radius 3 is 1.11 bits per heavy atom. The number of hydrogen-bond acceptors (Lipinski definition) is 8. The molecule has 0 unspecified atom stereocenters. The number of halogens is 1. The molecule has 0 atom stereocenters. The molecule has 0 bridgehead atoms. The maximum Gasteiger partial charge on any atom is 0.496 e. The molecule has 0 saturated carbocycles. The van der Waals surface area contributed by atoms with E-state index in [0.717, 1.165) is 103 Å². The van der Waals surface area contributed by atoms with Crippen LogP contribution in [0.2, 0.25) is 0 Å². The van der Waals surface area contributed by atoms with Gasteiger partial charge in [0.25, 0.3) is 0 Å². The first-order valence-electron chi connectivity index (χ1n) is 23.1. The Morgan fingerprint density at radius 2 is 0.699 bits per heavy atom. The second-order valence-electron chi connectivity index (χ2n) is 17.3. The minimum atomic E-state index is -1.68. The molecule has 4 heterocycles. The molecule has 0 fully saturated rings. The lowest BCUT2D eigenvalue weighted by Gasteiger charge is -2.08. The zero-order valence-electron chi connectivity index (χ0n) is 38.0. The molecule has 0 radical (unpaired) electrons. The number of nitrogens with zero attached hydrogens (tertiary/aromatic N) is 2. The number of para-hydroxylation sites is 4. The number of rotatable bonds is 4. The van der Waals surface area contributed by atoms with Crippen LogP contribution in [0.1, 0.15) is 18.6 Å². The lowest BCUT2D eigenvalue weighted by molar-refractivity contribution is 0.425. The summed E-state index contributed by atoms with van der Waals surface area (Å²) in [5.41, 5.74) is 13.4. The van der Waals surface area contributed by atoms with Gasteiger partial charge in [0, 0.05) is 47.6 Å². The van der Waals surface area contributed by atoms with Gasteiger partial charge >= 0.3 is 7.12 Å². The zero-order chi connectivity index (χ0) is 48.9. The summed E-state index contributed by atoms with van der Waals surface area (Å²) >= 11 is 3.43. The Morgan fingerprint density at radius 1 is 0.356 bits per heavy atom. The third kappa shape index (κ3) is 8.36. The first kappa shape index (κ1) is 46.2. The van der Waals surface area contributed by atoms with Gasteiger partial charge in [-0.1, -0.05) is 151 Å². The van der Waals surface area contributed by atoms with E-state index in [1.54, 1.807) is 0 Å². The Bertz CT molecular complexity index is 4330. The van der Waals surface area contributed by atoms with Gasteiger partial charge in [0.2, 0.25) is 0 Å². The van der Waals surface area contributed by atoms with E-state index >= 15 is 0 Å². The predicted octanol–water partition coefficient (Wildman–Crippen LogP) is 16.5. The fourth-order valence-electron chi connectivity index (χ4n) is 9.66. The largest absolute Gasteiger partial charge is 0.496 e. The van der Waals surface area contributed by atoms with Crippen molar-refractivity contribution in [2.45, 2.75) is 7.43 Å². The van der Waals surface area contributed by atoms with Crippen LogP contribution in [0.5, 0.6) is 0 Å². The molecule has 14 aromatic rings. The molecule has 4 aromatic heterocycles. The highest BCUT2D eigenvalue weighted by molar-refractivity contribution is 9.10. The van der Waals surface area contributed by atoms with Crippen LogP contribution in [0.4, 0.5) is 0 Å². The zero-order valence-corrected chi connectivity index (χ0v) is 39.6. The van der Waals surface area contributed by atoms with E-state index in [9.17, 15) is 15.3 Å². The van der Waals surface area contributed by atoms with E-state index < -0.39 is 7.12 Å². The first-order chi connectivity index (χ1) is 35.3. The average Bonchev–Trinajstić information content (AvgIpc) is 4.20.